The SMILES string of the molecule is COc1cc(Cl)ccc1C=C(N)N. The van der Waals surface area contributed by atoms with Crippen LogP contribution in [-0.2, 0) is 0 Å². The fourth-order valence-electron chi connectivity index (χ4n) is 0.984. The first-order chi connectivity index (χ1) is 6.13. The summed E-state index contributed by atoms with van der Waals surface area (Å²) in [7, 11) is 1.57. The van der Waals surface area contributed by atoms with Crippen LogP contribution in [0.4, 0.5) is 0 Å². The molecule has 0 saturated heterocycles. The Morgan fingerprint density at radius 2 is 2.15 bits per heavy atom. The molecule has 4 N–H and O–H groups in total. The predicted octanol–water partition coefficient (Wildman–Crippen LogP) is 1.56. The molecule has 3 nitrogen and oxygen atoms in total. The maximum absolute atomic E-state index is 5.77. The van der Waals surface area contributed by atoms with Crippen molar-refractivity contribution in [3.63, 3.8) is 0 Å². The number of hydrogen-bond donors (Lipinski definition) is 2. The van der Waals surface area contributed by atoms with Gasteiger partial charge in [-0.3, -0.25) is 0 Å². The van der Waals surface area contributed by atoms with Gasteiger partial charge in [-0.1, -0.05) is 11.6 Å². The van der Waals surface area contributed by atoms with E-state index in [0.717, 1.165) is 5.56 Å². The van der Waals surface area contributed by atoms with E-state index < -0.39 is 0 Å². The van der Waals surface area contributed by atoms with Gasteiger partial charge in [0, 0.05) is 10.6 Å². The van der Waals surface area contributed by atoms with Gasteiger partial charge in [-0.05, 0) is 24.3 Å². The molecule has 0 aliphatic rings. The lowest BCUT2D eigenvalue weighted by Gasteiger charge is -2.05. The van der Waals surface area contributed by atoms with E-state index in [9.17, 15) is 0 Å². The van der Waals surface area contributed by atoms with E-state index in [1.54, 1.807) is 31.4 Å². The number of ether oxygens (including phenoxy) is 1. The Balaban J connectivity index is 3.14. The number of hydrogen-bond acceptors (Lipinski definition) is 3. The topological polar surface area (TPSA) is 61.3 Å². The van der Waals surface area contributed by atoms with Crippen molar-refractivity contribution in [3.05, 3.63) is 34.6 Å². The first kappa shape index (κ1) is 9.74. The van der Waals surface area contributed by atoms with Gasteiger partial charge in [-0.25, -0.2) is 0 Å². The Labute approximate surface area is 81.9 Å². The molecule has 1 aromatic rings. The molecule has 0 amide bonds. The fourth-order valence-corrected chi connectivity index (χ4v) is 1.15. The molecule has 0 aliphatic carbocycles. The van der Waals surface area contributed by atoms with Crippen LogP contribution < -0.4 is 16.2 Å². The first-order valence-electron chi connectivity index (χ1n) is 3.69. The molecular weight excluding hydrogens is 188 g/mol. The predicted molar refractivity (Wildman–Crippen MR) is 54.4 cm³/mol. The van der Waals surface area contributed by atoms with Gasteiger partial charge in [0.25, 0.3) is 0 Å². The fraction of sp³-hybridized carbons (Fsp3) is 0.111. The third kappa shape index (κ3) is 2.56. The highest BCUT2D eigenvalue weighted by Crippen LogP contribution is 2.24. The maximum atomic E-state index is 5.77. The van der Waals surface area contributed by atoms with Crippen molar-refractivity contribution in [2.45, 2.75) is 0 Å². The quantitative estimate of drug-likeness (QED) is 0.758. The molecule has 0 aliphatic heterocycles. The number of benzene rings is 1. The number of rotatable bonds is 2. The van der Waals surface area contributed by atoms with Gasteiger partial charge in [0.1, 0.15) is 5.75 Å². The van der Waals surface area contributed by atoms with E-state index >= 15 is 0 Å². The lowest BCUT2D eigenvalue weighted by Crippen LogP contribution is -2.07. The molecule has 0 radical (unpaired) electrons. The Morgan fingerprint density at radius 1 is 1.46 bits per heavy atom. The zero-order valence-corrected chi connectivity index (χ0v) is 8.01. The Kier molecular flexibility index (Phi) is 3.03. The molecule has 0 spiro atoms. The standard InChI is InChI=1S/C9H11ClN2O/c1-13-8-5-7(10)3-2-6(8)4-9(11)12/h2-5H,11-12H2,1H3. The van der Waals surface area contributed by atoms with E-state index in [-0.39, 0.29) is 5.82 Å². The van der Waals surface area contributed by atoms with Crippen molar-refractivity contribution in [1.82, 2.24) is 0 Å². The number of nitrogens with two attached hydrogens (primary N) is 2. The summed E-state index contributed by atoms with van der Waals surface area (Å²) >= 11 is 5.77. The van der Waals surface area contributed by atoms with Crippen LogP contribution in [0, 0.1) is 0 Å². The van der Waals surface area contributed by atoms with Crippen molar-refractivity contribution in [2.75, 3.05) is 7.11 Å². The van der Waals surface area contributed by atoms with Crippen molar-refractivity contribution in [2.24, 2.45) is 11.5 Å². The van der Waals surface area contributed by atoms with Gasteiger partial charge in [-0.15, -0.1) is 0 Å². The van der Waals surface area contributed by atoms with Gasteiger partial charge >= 0.3 is 0 Å². The lowest BCUT2D eigenvalue weighted by molar-refractivity contribution is 0.414. The van der Waals surface area contributed by atoms with Crippen molar-refractivity contribution in [1.29, 1.82) is 0 Å². The van der Waals surface area contributed by atoms with Crippen LogP contribution in [0.5, 0.6) is 5.75 Å². The minimum Gasteiger partial charge on any atom is -0.496 e. The minimum absolute atomic E-state index is 0.237. The molecular formula is C9H11ClN2O. The van der Waals surface area contributed by atoms with E-state index in [1.165, 1.54) is 0 Å². The Morgan fingerprint density at radius 3 is 2.69 bits per heavy atom. The van der Waals surface area contributed by atoms with Crippen LogP contribution in [0.25, 0.3) is 6.08 Å². The molecule has 1 rings (SSSR count). The lowest BCUT2D eigenvalue weighted by atomic mass is 10.2. The largest absolute Gasteiger partial charge is 0.496 e. The Bertz CT molecular complexity index is 332. The van der Waals surface area contributed by atoms with Crippen molar-refractivity contribution >= 4 is 17.7 Å². The molecule has 1 aromatic carbocycles. The maximum Gasteiger partial charge on any atom is 0.127 e. The van der Waals surface area contributed by atoms with E-state index in [4.69, 9.17) is 27.8 Å². The average molecular weight is 199 g/mol. The third-order valence-electron chi connectivity index (χ3n) is 1.52. The van der Waals surface area contributed by atoms with E-state index in [1.807, 2.05) is 0 Å². The summed E-state index contributed by atoms with van der Waals surface area (Å²) in [5, 5.41) is 0.615. The molecule has 0 saturated carbocycles. The van der Waals surface area contributed by atoms with Crippen LogP contribution in [0.2, 0.25) is 5.02 Å². The normalized spacial score (nSPS) is 9.38. The third-order valence-corrected chi connectivity index (χ3v) is 1.75. The highest BCUT2D eigenvalue weighted by Gasteiger charge is 2.00. The van der Waals surface area contributed by atoms with Gasteiger partial charge in [0.05, 0.1) is 12.9 Å². The molecule has 4 heteroatoms. The summed E-state index contributed by atoms with van der Waals surface area (Å²) in [5.74, 6) is 0.890. The smallest absolute Gasteiger partial charge is 0.127 e. The average Bonchev–Trinajstić information content (AvgIpc) is 2.07. The molecule has 70 valence electrons. The van der Waals surface area contributed by atoms with Crippen molar-refractivity contribution < 1.29 is 4.74 Å². The van der Waals surface area contributed by atoms with Crippen LogP contribution in [-0.4, -0.2) is 7.11 Å². The zero-order chi connectivity index (χ0) is 9.84. The summed E-state index contributed by atoms with van der Waals surface area (Å²) in [5.41, 5.74) is 11.5. The molecule has 0 atom stereocenters. The second-order valence-electron chi connectivity index (χ2n) is 2.53. The summed E-state index contributed by atoms with van der Waals surface area (Å²) in [6, 6.07) is 5.25. The highest BCUT2D eigenvalue weighted by atomic mass is 35.5. The zero-order valence-electron chi connectivity index (χ0n) is 7.25. The molecule has 0 bridgehead atoms. The molecule has 0 heterocycles. The van der Waals surface area contributed by atoms with Crippen LogP contribution in [0.3, 0.4) is 0 Å². The summed E-state index contributed by atoms with van der Waals surface area (Å²) in [6.07, 6.45) is 1.62. The van der Waals surface area contributed by atoms with E-state index in [2.05, 4.69) is 0 Å². The summed E-state index contributed by atoms with van der Waals surface area (Å²) < 4.78 is 5.09. The number of methoxy groups -OCH3 is 1. The summed E-state index contributed by atoms with van der Waals surface area (Å²) in [6.45, 7) is 0. The molecule has 13 heavy (non-hydrogen) atoms. The van der Waals surface area contributed by atoms with Crippen LogP contribution in [0.15, 0.2) is 24.0 Å². The number of halogens is 1. The molecule has 0 unspecified atom stereocenters. The minimum atomic E-state index is 0.237. The second-order valence-corrected chi connectivity index (χ2v) is 2.97. The summed E-state index contributed by atoms with van der Waals surface area (Å²) in [4.78, 5) is 0. The second kappa shape index (κ2) is 4.05. The van der Waals surface area contributed by atoms with Gasteiger partial charge in [0.15, 0.2) is 0 Å². The molecule has 0 fully saturated rings. The van der Waals surface area contributed by atoms with Gasteiger partial charge < -0.3 is 16.2 Å². The van der Waals surface area contributed by atoms with Crippen LogP contribution in [0.1, 0.15) is 5.56 Å². The molecule has 0 aromatic heterocycles. The monoisotopic (exact) mass is 198 g/mol. The van der Waals surface area contributed by atoms with Gasteiger partial charge in [0.2, 0.25) is 0 Å². The first-order valence-corrected chi connectivity index (χ1v) is 4.07. The Hall–Kier alpha value is -1.35. The van der Waals surface area contributed by atoms with Crippen molar-refractivity contribution in [3.8, 4) is 5.75 Å². The van der Waals surface area contributed by atoms with Crippen LogP contribution >= 0.6 is 11.6 Å². The van der Waals surface area contributed by atoms with E-state index in [0.29, 0.717) is 10.8 Å². The highest BCUT2D eigenvalue weighted by molar-refractivity contribution is 6.30. The van der Waals surface area contributed by atoms with Gasteiger partial charge in [-0.2, -0.15) is 0 Å².